The highest BCUT2D eigenvalue weighted by Crippen LogP contribution is 2.24. The molecule has 1 N–H and O–H groups in total. The topological polar surface area (TPSA) is 93.8 Å². The Bertz CT molecular complexity index is 1090. The summed E-state index contributed by atoms with van der Waals surface area (Å²) in [7, 11) is 0. The first-order valence-corrected chi connectivity index (χ1v) is 8.47. The highest BCUT2D eigenvalue weighted by atomic mass is 35.5. The second-order valence-corrected chi connectivity index (χ2v) is 6.00. The second-order valence-electron chi connectivity index (χ2n) is 5.60. The Labute approximate surface area is 154 Å². The minimum atomic E-state index is 0.421. The van der Waals surface area contributed by atoms with E-state index in [1.165, 1.54) is 0 Å². The summed E-state index contributed by atoms with van der Waals surface area (Å²) in [6, 6.07) is 9.18. The number of aromatic nitrogens is 7. The molecular formula is C17H15ClN8. The minimum Gasteiger partial charge on any atom is -0.323 e. The minimum absolute atomic E-state index is 0.421. The van der Waals surface area contributed by atoms with Crippen LogP contribution in [0.2, 0.25) is 5.02 Å². The molecule has 9 heteroatoms. The molecule has 0 fully saturated rings. The van der Waals surface area contributed by atoms with Crippen LogP contribution in [0.1, 0.15) is 18.4 Å². The van der Waals surface area contributed by atoms with Gasteiger partial charge in [0.15, 0.2) is 5.82 Å². The number of anilines is 2. The molecule has 0 atom stereocenters. The maximum absolute atomic E-state index is 6.18. The van der Waals surface area contributed by atoms with E-state index in [1.807, 2.05) is 32.0 Å². The van der Waals surface area contributed by atoms with Gasteiger partial charge in [0.2, 0.25) is 5.95 Å². The Morgan fingerprint density at radius 2 is 1.96 bits per heavy atom. The fourth-order valence-corrected chi connectivity index (χ4v) is 2.71. The number of benzene rings is 1. The molecule has 0 amide bonds. The summed E-state index contributed by atoms with van der Waals surface area (Å²) in [5, 5.41) is 16.6. The van der Waals surface area contributed by atoms with Crippen LogP contribution in [0, 0.1) is 6.92 Å². The van der Waals surface area contributed by atoms with Crippen molar-refractivity contribution >= 4 is 29.0 Å². The van der Waals surface area contributed by atoms with Gasteiger partial charge in [-0.2, -0.15) is 9.50 Å². The molecule has 0 spiro atoms. The van der Waals surface area contributed by atoms with E-state index < -0.39 is 0 Å². The molecule has 8 nitrogen and oxygen atoms in total. The molecule has 1 aromatic carbocycles. The van der Waals surface area contributed by atoms with Crippen molar-refractivity contribution in [2.24, 2.45) is 0 Å². The summed E-state index contributed by atoms with van der Waals surface area (Å²) in [4.78, 5) is 13.1. The molecule has 3 heterocycles. The summed E-state index contributed by atoms with van der Waals surface area (Å²) in [6.07, 6.45) is 2.39. The fourth-order valence-electron chi connectivity index (χ4n) is 2.52. The van der Waals surface area contributed by atoms with Gasteiger partial charge < -0.3 is 5.32 Å². The number of fused-ring (bicyclic) bond motifs is 1. The van der Waals surface area contributed by atoms with Gasteiger partial charge in [-0.25, -0.2) is 9.97 Å². The van der Waals surface area contributed by atoms with Crippen molar-refractivity contribution in [2.45, 2.75) is 20.3 Å². The number of hydrogen-bond donors (Lipinski definition) is 1. The summed E-state index contributed by atoms with van der Waals surface area (Å²) in [5.74, 6) is 1.62. The number of halogens is 1. The van der Waals surface area contributed by atoms with Gasteiger partial charge in [-0.15, -0.1) is 15.3 Å². The highest BCUT2D eigenvalue weighted by molar-refractivity contribution is 6.33. The summed E-state index contributed by atoms with van der Waals surface area (Å²) in [6.45, 7) is 3.91. The van der Waals surface area contributed by atoms with Crippen molar-refractivity contribution in [1.82, 2.24) is 34.8 Å². The van der Waals surface area contributed by atoms with Crippen molar-refractivity contribution in [3.8, 4) is 11.4 Å². The first-order valence-electron chi connectivity index (χ1n) is 8.09. The van der Waals surface area contributed by atoms with Crippen LogP contribution in [0.15, 0.2) is 36.5 Å². The molecule has 0 saturated heterocycles. The van der Waals surface area contributed by atoms with Crippen LogP contribution in [-0.4, -0.2) is 34.8 Å². The number of rotatable bonds is 4. The molecule has 0 aliphatic carbocycles. The molecule has 26 heavy (non-hydrogen) atoms. The molecule has 3 aromatic heterocycles. The summed E-state index contributed by atoms with van der Waals surface area (Å²) >= 11 is 6.18. The van der Waals surface area contributed by atoms with Crippen LogP contribution in [0.3, 0.4) is 0 Å². The predicted molar refractivity (Wildman–Crippen MR) is 98.5 cm³/mol. The zero-order chi connectivity index (χ0) is 18.1. The lowest BCUT2D eigenvalue weighted by Gasteiger charge is -2.08. The number of aryl methyl sites for hydroxylation is 2. The van der Waals surface area contributed by atoms with E-state index in [0.29, 0.717) is 28.1 Å². The Balaban J connectivity index is 1.73. The van der Waals surface area contributed by atoms with Crippen LogP contribution in [0.25, 0.3) is 17.2 Å². The third-order valence-electron chi connectivity index (χ3n) is 3.87. The van der Waals surface area contributed by atoms with Crippen molar-refractivity contribution in [3.63, 3.8) is 0 Å². The first kappa shape index (κ1) is 16.3. The third-order valence-corrected chi connectivity index (χ3v) is 4.20. The quantitative estimate of drug-likeness (QED) is 0.592. The number of nitrogens with one attached hydrogen (secondary N) is 1. The zero-order valence-corrected chi connectivity index (χ0v) is 14.9. The largest absolute Gasteiger partial charge is 0.323 e. The normalized spacial score (nSPS) is 11.0. The molecule has 0 unspecified atom stereocenters. The van der Waals surface area contributed by atoms with Gasteiger partial charge in [0, 0.05) is 12.6 Å². The number of nitrogens with zero attached hydrogens (tertiary/aromatic N) is 7. The number of hydrogen-bond acceptors (Lipinski definition) is 7. The smallest absolute Gasteiger partial charge is 0.272 e. The SMILES string of the molecule is CCc1nc2nnc(-c3ccnc(Nc4ccccc4Cl)n3)c(C)n2n1. The molecule has 0 saturated carbocycles. The van der Waals surface area contributed by atoms with E-state index >= 15 is 0 Å². The van der Waals surface area contributed by atoms with Gasteiger partial charge in [-0.05, 0) is 25.1 Å². The highest BCUT2D eigenvalue weighted by Gasteiger charge is 2.14. The lowest BCUT2D eigenvalue weighted by atomic mass is 10.2. The Morgan fingerprint density at radius 3 is 2.77 bits per heavy atom. The molecule has 0 aliphatic heterocycles. The lowest BCUT2D eigenvalue weighted by Crippen LogP contribution is -2.05. The van der Waals surface area contributed by atoms with Gasteiger partial charge in [0.25, 0.3) is 5.78 Å². The van der Waals surface area contributed by atoms with Crippen molar-refractivity contribution in [1.29, 1.82) is 0 Å². The van der Waals surface area contributed by atoms with E-state index in [0.717, 1.165) is 23.6 Å². The molecule has 130 valence electrons. The predicted octanol–water partition coefficient (Wildman–Crippen LogP) is 3.24. The van der Waals surface area contributed by atoms with Gasteiger partial charge in [-0.3, -0.25) is 0 Å². The Kier molecular flexibility index (Phi) is 4.18. The van der Waals surface area contributed by atoms with Crippen LogP contribution in [-0.2, 0) is 6.42 Å². The van der Waals surface area contributed by atoms with Gasteiger partial charge in [0.1, 0.15) is 5.69 Å². The van der Waals surface area contributed by atoms with Crippen molar-refractivity contribution in [2.75, 3.05) is 5.32 Å². The first-order chi connectivity index (χ1) is 12.7. The molecule has 4 aromatic rings. The van der Waals surface area contributed by atoms with Crippen molar-refractivity contribution in [3.05, 3.63) is 53.1 Å². The zero-order valence-electron chi connectivity index (χ0n) is 14.2. The van der Waals surface area contributed by atoms with Gasteiger partial charge >= 0.3 is 0 Å². The maximum atomic E-state index is 6.18. The average Bonchev–Trinajstić information content (AvgIpc) is 3.09. The number of para-hydroxylation sites is 1. The van der Waals surface area contributed by atoms with E-state index in [1.54, 1.807) is 22.8 Å². The van der Waals surface area contributed by atoms with E-state index in [-0.39, 0.29) is 0 Å². The standard InChI is InChI=1S/C17H15ClN8/c1-3-14-22-17-24-23-15(10(2)26(17)25-14)13-8-9-19-16(21-13)20-12-7-5-4-6-11(12)18/h4-9H,3H2,1-2H3,(H,19,20,21). The maximum Gasteiger partial charge on any atom is 0.272 e. The Morgan fingerprint density at radius 1 is 1.12 bits per heavy atom. The second kappa shape index (κ2) is 6.64. The molecule has 0 bridgehead atoms. The lowest BCUT2D eigenvalue weighted by molar-refractivity contribution is 0.827. The average molecular weight is 367 g/mol. The monoisotopic (exact) mass is 366 g/mol. The summed E-state index contributed by atoms with van der Waals surface area (Å²) < 4.78 is 1.68. The Hall–Kier alpha value is -3.13. The molecule has 4 rings (SSSR count). The fraction of sp³-hybridized carbons (Fsp3) is 0.176. The van der Waals surface area contributed by atoms with E-state index in [4.69, 9.17) is 11.6 Å². The van der Waals surface area contributed by atoms with Gasteiger partial charge in [-0.1, -0.05) is 30.7 Å². The van der Waals surface area contributed by atoms with Gasteiger partial charge in [0.05, 0.1) is 22.1 Å². The third kappa shape index (κ3) is 2.95. The van der Waals surface area contributed by atoms with E-state index in [2.05, 4.69) is 35.6 Å². The van der Waals surface area contributed by atoms with Crippen LogP contribution >= 0.6 is 11.6 Å². The molecular weight excluding hydrogens is 352 g/mol. The molecule has 0 radical (unpaired) electrons. The van der Waals surface area contributed by atoms with Crippen LogP contribution < -0.4 is 5.32 Å². The molecule has 0 aliphatic rings. The van der Waals surface area contributed by atoms with E-state index in [9.17, 15) is 0 Å². The summed E-state index contributed by atoms with van der Waals surface area (Å²) in [5.41, 5.74) is 2.79. The van der Waals surface area contributed by atoms with Crippen molar-refractivity contribution < 1.29 is 0 Å². The van der Waals surface area contributed by atoms with Crippen LogP contribution in [0.4, 0.5) is 11.6 Å². The van der Waals surface area contributed by atoms with Crippen LogP contribution in [0.5, 0.6) is 0 Å².